The molecule has 8 aromatic rings. The molecular formula is C88H104N8O24. The first kappa shape index (κ1) is 91.5. The van der Waals surface area contributed by atoms with Crippen LogP contribution in [0.25, 0.3) is 0 Å². The third-order valence-electron chi connectivity index (χ3n) is 18.7. The summed E-state index contributed by atoms with van der Waals surface area (Å²) in [5.74, 6) is -2.65. The molecular weight excluding hydrogens is 1550 g/mol. The summed E-state index contributed by atoms with van der Waals surface area (Å²) < 4.78 is 52.7. The minimum absolute atomic E-state index is 0.00966. The summed E-state index contributed by atoms with van der Waals surface area (Å²) in [6.45, 7) is -7.78. The van der Waals surface area contributed by atoms with Crippen LogP contribution in [0.5, 0.6) is 46.0 Å². The maximum Gasteiger partial charge on any atom is 0.258 e. The molecule has 0 atom stereocenters. The minimum Gasteiger partial charge on any atom is -0.483 e. The van der Waals surface area contributed by atoms with Gasteiger partial charge in [-0.05, 0) is 89.0 Å². The van der Waals surface area contributed by atoms with Crippen LogP contribution in [-0.4, -0.2) is 246 Å². The number of para-hydroxylation sites is 8. The average Bonchev–Trinajstić information content (AvgIpc) is 0.794. The van der Waals surface area contributed by atoms with E-state index in [1.165, 1.54) is 0 Å². The van der Waals surface area contributed by atoms with Crippen LogP contribution in [0.1, 0.15) is 89.0 Å². The Morgan fingerprint density at radius 3 is 0.358 bits per heavy atom. The van der Waals surface area contributed by atoms with Gasteiger partial charge in [0.25, 0.3) is 47.3 Å². The number of nitrogens with one attached hydrogen (secondary N) is 8. The average molecular weight is 1660 g/mol. The lowest BCUT2D eigenvalue weighted by atomic mass is 9.91. The lowest BCUT2D eigenvalue weighted by molar-refractivity contribution is -0.124. The second kappa shape index (κ2) is 49.1. The smallest absolute Gasteiger partial charge is 0.258 e. The molecule has 1 aliphatic carbocycles. The number of ether oxygens (including phenoxy) is 8. The molecule has 0 spiro atoms. The van der Waals surface area contributed by atoms with Gasteiger partial charge in [0.05, 0.1) is 52.9 Å². The highest BCUT2D eigenvalue weighted by atomic mass is 16.5. The highest BCUT2D eigenvalue weighted by Gasteiger charge is 2.27. The van der Waals surface area contributed by atoms with E-state index in [2.05, 4.69) is 42.5 Å². The van der Waals surface area contributed by atoms with Crippen LogP contribution in [0.15, 0.2) is 146 Å². The number of hydrogen-bond donors (Lipinski definition) is 16. The number of aliphatic hydroxyl groups excluding tert-OH is 8. The molecule has 0 aliphatic heterocycles. The first-order chi connectivity index (χ1) is 58.5. The third-order valence-corrected chi connectivity index (χ3v) is 18.7. The number of benzene rings is 8. The Morgan fingerprint density at radius 1 is 0.183 bits per heavy atom. The van der Waals surface area contributed by atoms with Gasteiger partial charge >= 0.3 is 0 Å². The molecule has 16 N–H and O–H groups in total. The fourth-order valence-corrected chi connectivity index (χ4v) is 13.5. The second-order valence-electron chi connectivity index (χ2n) is 27.6. The molecule has 0 unspecified atom stereocenters. The maximum absolute atomic E-state index is 13.6. The Bertz CT molecular complexity index is 3730. The van der Waals surface area contributed by atoms with Gasteiger partial charge < -0.3 is 121 Å². The summed E-state index contributed by atoms with van der Waals surface area (Å²) in [5, 5.41) is 99.0. The molecule has 0 heterocycles. The molecule has 0 saturated carbocycles. The van der Waals surface area contributed by atoms with E-state index in [4.69, 9.17) is 37.9 Å². The van der Waals surface area contributed by atoms with Gasteiger partial charge in [0.2, 0.25) is 0 Å². The monoisotopic (exact) mass is 1660 g/mol. The third kappa shape index (κ3) is 27.9. The van der Waals surface area contributed by atoms with Gasteiger partial charge in [0, 0.05) is 104 Å². The molecule has 640 valence electrons. The summed E-state index contributed by atoms with van der Waals surface area (Å²) >= 11 is 0. The van der Waals surface area contributed by atoms with E-state index in [1.54, 1.807) is 146 Å². The van der Waals surface area contributed by atoms with E-state index in [0.29, 0.717) is 89.0 Å². The zero-order chi connectivity index (χ0) is 85.4. The van der Waals surface area contributed by atoms with Crippen molar-refractivity contribution < 1.29 is 117 Å². The first-order valence-corrected chi connectivity index (χ1v) is 39.4. The fourth-order valence-electron chi connectivity index (χ4n) is 13.5. The predicted octanol–water partition coefficient (Wildman–Crippen LogP) is 0.625. The highest BCUT2D eigenvalue weighted by molar-refractivity contribution is 5.81. The van der Waals surface area contributed by atoms with Crippen molar-refractivity contribution in [2.45, 2.75) is 51.4 Å². The molecule has 8 aromatic carbocycles. The molecule has 32 heteroatoms. The van der Waals surface area contributed by atoms with Crippen molar-refractivity contribution in [2.75, 3.05) is 158 Å². The van der Waals surface area contributed by atoms with Crippen LogP contribution in [0.3, 0.4) is 0 Å². The number of carbonyl (C=O) groups is 8. The zero-order valence-corrected chi connectivity index (χ0v) is 66.6. The van der Waals surface area contributed by atoms with E-state index in [-0.39, 0.29) is 203 Å². The van der Waals surface area contributed by atoms with E-state index in [0.717, 1.165) is 0 Å². The second-order valence-corrected chi connectivity index (χ2v) is 27.6. The van der Waals surface area contributed by atoms with Crippen molar-refractivity contribution in [3.8, 4) is 46.0 Å². The Balaban J connectivity index is 1.33. The molecule has 8 amide bonds. The quantitative estimate of drug-likeness (QED) is 0.0250. The van der Waals surface area contributed by atoms with Gasteiger partial charge in [-0.2, -0.15) is 0 Å². The topological polar surface area (TPSA) is 468 Å². The molecule has 9 rings (SSSR count). The fraction of sp³-hybridized carbons (Fsp3) is 0.364. The standard InChI is InChI=1S/C88H104N8O24/c97-33-25-89-73(105)49-113-81-57-9-1-10-58(81)42-60-12-3-14-62(83(60)115-51-75(107)91-27-35-99)44-64-16-5-18-66(85(64)117-53-77(109)93-29-37-101)46-68-20-7-22-70(87(68)119-55-79(111)95-31-39-103)48-72-24-8-23-71(88(72)120-56-80(112)96-32-40-104)47-69-21-6-19-67(86(69)118-54-78(110)94-30-38-102)45-65-17-4-15-63(84(65)116-52-76(108)92-28-36-100)43-61-13-2-11-59(41-57)82(61)114-50-74(106)90-26-34-98/h1-24,97-104H,25-56H2,(H,89,105)(H,90,106)(H,91,107)(H,92,108)(H,93,109)(H,94,110)(H,95,111)(H,96,112). The van der Waals surface area contributed by atoms with Crippen molar-refractivity contribution >= 4 is 47.3 Å². The van der Waals surface area contributed by atoms with Crippen LogP contribution in [0.4, 0.5) is 0 Å². The Labute approximate surface area is 693 Å². The number of rotatable bonds is 40. The lowest BCUT2D eigenvalue weighted by Gasteiger charge is -2.22. The summed E-state index contributed by atoms with van der Waals surface area (Å²) in [6, 6.07) is 42.9. The van der Waals surface area contributed by atoms with E-state index in [1.807, 2.05) is 0 Å². The summed E-state index contributed by atoms with van der Waals surface area (Å²) in [4.78, 5) is 109. The van der Waals surface area contributed by atoms with Crippen molar-refractivity contribution in [3.05, 3.63) is 235 Å². The largest absolute Gasteiger partial charge is 0.483 e. The minimum atomic E-state index is -0.568. The van der Waals surface area contributed by atoms with Gasteiger partial charge in [-0.3, -0.25) is 38.4 Å². The lowest BCUT2D eigenvalue weighted by Crippen LogP contribution is -2.31. The van der Waals surface area contributed by atoms with Crippen molar-refractivity contribution in [1.29, 1.82) is 0 Å². The number of amides is 8. The summed E-state index contributed by atoms with van der Waals surface area (Å²) in [5.41, 5.74) is 8.18. The number of hydrogen-bond acceptors (Lipinski definition) is 24. The summed E-state index contributed by atoms with van der Waals surface area (Å²) in [7, 11) is 0. The van der Waals surface area contributed by atoms with Crippen molar-refractivity contribution in [1.82, 2.24) is 42.5 Å². The van der Waals surface area contributed by atoms with Gasteiger partial charge in [-0.15, -0.1) is 0 Å². The number of aliphatic hydroxyl groups is 8. The molecule has 120 heavy (non-hydrogen) atoms. The van der Waals surface area contributed by atoms with Crippen LogP contribution in [0.2, 0.25) is 0 Å². The Morgan fingerprint density at radius 2 is 0.275 bits per heavy atom. The van der Waals surface area contributed by atoms with Crippen molar-refractivity contribution in [3.63, 3.8) is 0 Å². The van der Waals surface area contributed by atoms with Gasteiger partial charge in [-0.25, -0.2) is 0 Å². The number of fused-ring (bicyclic) bond motifs is 16. The number of carbonyl (C=O) groups excluding carboxylic acids is 8. The SMILES string of the molecule is O=C(COc1c2cccc1Cc1cccc(c1OCC(=O)NCCO)Cc1cccc(c1OCC(=O)NCCO)Cc1cccc(c1OCC(=O)NCCO)Cc1cccc(c1OCC(=O)NCCO)Cc1cccc(c1OCC(=O)NCCO)Cc1cccc(c1OCC(=O)NCCO)Cc1cccc(c1OCC(=O)NCCO)C2)NCCO. The molecule has 16 bridgehead atoms. The molecule has 0 aromatic heterocycles. The van der Waals surface area contributed by atoms with Gasteiger partial charge in [-0.1, -0.05) is 146 Å². The van der Waals surface area contributed by atoms with E-state index in [9.17, 15) is 79.2 Å². The normalized spacial score (nSPS) is 11.8. The van der Waals surface area contributed by atoms with Gasteiger partial charge in [0.15, 0.2) is 52.9 Å². The molecule has 0 saturated heterocycles. The molecule has 1 aliphatic rings. The molecule has 0 fully saturated rings. The molecule has 32 nitrogen and oxygen atoms in total. The van der Waals surface area contributed by atoms with Crippen LogP contribution in [0, 0.1) is 0 Å². The molecule has 0 radical (unpaired) electrons. The highest BCUT2D eigenvalue weighted by Crippen LogP contribution is 2.42. The zero-order valence-electron chi connectivity index (χ0n) is 66.6. The Hall–Kier alpha value is -12.4. The maximum atomic E-state index is 13.6. The first-order valence-electron chi connectivity index (χ1n) is 39.4. The van der Waals surface area contributed by atoms with Crippen LogP contribution in [-0.2, 0) is 89.7 Å². The predicted molar refractivity (Wildman–Crippen MR) is 439 cm³/mol. The van der Waals surface area contributed by atoms with Crippen LogP contribution < -0.4 is 80.4 Å². The van der Waals surface area contributed by atoms with E-state index < -0.39 is 100 Å². The van der Waals surface area contributed by atoms with Crippen molar-refractivity contribution in [2.24, 2.45) is 0 Å². The van der Waals surface area contributed by atoms with Crippen LogP contribution >= 0.6 is 0 Å². The Kier molecular flexibility index (Phi) is 37.4. The summed E-state index contributed by atoms with van der Waals surface area (Å²) in [6.07, 6.45) is 0.0773. The van der Waals surface area contributed by atoms with Gasteiger partial charge in [0.1, 0.15) is 46.0 Å². The van der Waals surface area contributed by atoms with E-state index >= 15 is 0 Å².